The number of carbonyl (C=O) groups excluding carboxylic acids is 2. The summed E-state index contributed by atoms with van der Waals surface area (Å²) < 4.78 is 10.7. The molecule has 0 aromatic heterocycles. The second-order valence-electron chi connectivity index (χ2n) is 7.21. The fourth-order valence-electron chi connectivity index (χ4n) is 2.94. The van der Waals surface area contributed by atoms with E-state index < -0.39 is 5.41 Å². The Labute approximate surface area is 155 Å². The van der Waals surface area contributed by atoms with Gasteiger partial charge in [-0.05, 0) is 51.0 Å². The molecule has 144 valence electrons. The minimum absolute atomic E-state index is 0.196. The fraction of sp³-hybridized carbons (Fsp3) is 0.600. The largest absolute Gasteiger partial charge is 0.497 e. The fourth-order valence-corrected chi connectivity index (χ4v) is 2.94. The maximum atomic E-state index is 12.5. The van der Waals surface area contributed by atoms with Gasteiger partial charge in [0, 0.05) is 6.04 Å². The van der Waals surface area contributed by atoms with Crippen LogP contribution < -0.4 is 20.1 Å². The molecule has 0 aliphatic heterocycles. The molecule has 26 heavy (non-hydrogen) atoms. The number of rotatable bonds is 8. The maximum absolute atomic E-state index is 12.5. The van der Waals surface area contributed by atoms with Gasteiger partial charge in [0.25, 0.3) is 0 Å². The number of amides is 2. The lowest BCUT2D eigenvalue weighted by atomic mass is 9.89. The molecule has 1 aromatic rings. The van der Waals surface area contributed by atoms with Crippen LogP contribution in [0.2, 0.25) is 0 Å². The highest BCUT2D eigenvalue weighted by Crippen LogP contribution is 2.21. The first-order valence-corrected chi connectivity index (χ1v) is 9.29. The number of carbonyl (C=O) groups is 2. The van der Waals surface area contributed by atoms with Gasteiger partial charge in [-0.25, -0.2) is 0 Å². The molecule has 0 unspecified atom stereocenters. The molecule has 1 aromatic carbocycles. The zero-order chi connectivity index (χ0) is 19.0. The van der Waals surface area contributed by atoms with Crippen LogP contribution in [0.5, 0.6) is 11.5 Å². The van der Waals surface area contributed by atoms with Crippen molar-refractivity contribution in [2.75, 3.05) is 20.3 Å². The van der Waals surface area contributed by atoms with Crippen molar-refractivity contribution in [2.24, 2.45) is 5.41 Å². The summed E-state index contributed by atoms with van der Waals surface area (Å²) in [6.07, 6.45) is 5.50. The predicted molar refractivity (Wildman–Crippen MR) is 100 cm³/mol. The summed E-state index contributed by atoms with van der Waals surface area (Å²) in [5.41, 5.74) is -1.10. The maximum Gasteiger partial charge on any atom is 0.235 e. The van der Waals surface area contributed by atoms with Crippen molar-refractivity contribution in [1.82, 2.24) is 10.6 Å². The van der Waals surface area contributed by atoms with Crippen molar-refractivity contribution in [1.29, 1.82) is 0 Å². The minimum Gasteiger partial charge on any atom is -0.497 e. The summed E-state index contributed by atoms with van der Waals surface area (Å²) in [5, 5.41) is 5.81. The lowest BCUT2D eigenvalue weighted by molar-refractivity contribution is -0.141. The number of benzene rings is 1. The molecule has 1 fully saturated rings. The highest BCUT2D eigenvalue weighted by molar-refractivity contribution is 6.04. The van der Waals surface area contributed by atoms with Crippen molar-refractivity contribution in [3.05, 3.63) is 24.3 Å². The molecule has 6 heteroatoms. The van der Waals surface area contributed by atoms with Gasteiger partial charge in [-0.3, -0.25) is 9.59 Å². The molecule has 6 nitrogen and oxygen atoms in total. The van der Waals surface area contributed by atoms with Crippen LogP contribution in [0, 0.1) is 5.41 Å². The molecule has 0 heterocycles. The Morgan fingerprint density at radius 2 is 1.65 bits per heavy atom. The Bertz CT molecular complexity index is 592. The second kappa shape index (κ2) is 9.46. The van der Waals surface area contributed by atoms with E-state index in [1.807, 2.05) is 24.3 Å². The summed E-state index contributed by atoms with van der Waals surface area (Å²) in [7, 11) is 1.61. The normalized spacial score (nSPS) is 15.2. The van der Waals surface area contributed by atoms with Crippen LogP contribution in [0.25, 0.3) is 0 Å². The molecule has 0 bridgehead atoms. The van der Waals surface area contributed by atoms with Gasteiger partial charge in [-0.15, -0.1) is 0 Å². The molecule has 0 atom stereocenters. The summed E-state index contributed by atoms with van der Waals surface area (Å²) in [6.45, 7) is 3.99. The zero-order valence-corrected chi connectivity index (χ0v) is 16.0. The van der Waals surface area contributed by atoms with Crippen LogP contribution in [-0.4, -0.2) is 38.1 Å². The van der Waals surface area contributed by atoms with E-state index in [1.165, 1.54) is 6.42 Å². The first-order valence-electron chi connectivity index (χ1n) is 9.29. The molecule has 2 N–H and O–H groups in total. The quantitative estimate of drug-likeness (QED) is 0.551. The summed E-state index contributed by atoms with van der Waals surface area (Å²) in [4.78, 5) is 24.9. The topological polar surface area (TPSA) is 76.7 Å². The van der Waals surface area contributed by atoms with Crippen molar-refractivity contribution in [3.63, 3.8) is 0 Å². The molecule has 1 aliphatic rings. The summed E-state index contributed by atoms with van der Waals surface area (Å²) >= 11 is 0. The predicted octanol–water partition coefficient (Wildman–Crippen LogP) is 2.67. The van der Waals surface area contributed by atoms with Crippen LogP contribution in [0.4, 0.5) is 0 Å². The Morgan fingerprint density at radius 1 is 1.04 bits per heavy atom. The molecule has 1 aliphatic carbocycles. The zero-order valence-electron chi connectivity index (χ0n) is 16.0. The van der Waals surface area contributed by atoms with E-state index >= 15 is 0 Å². The molecular weight excluding hydrogens is 332 g/mol. The summed E-state index contributed by atoms with van der Waals surface area (Å²) in [6, 6.07) is 7.44. The lowest BCUT2D eigenvalue weighted by Crippen LogP contribution is -2.51. The Morgan fingerprint density at radius 3 is 2.27 bits per heavy atom. The number of nitrogens with one attached hydrogen (secondary N) is 2. The highest BCUT2D eigenvalue weighted by Gasteiger charge is 2.36. The van der Waals surface area contributed by atoms with Gasteiger partial charge in [0.15, 0.2) is 0 Å². The van der Waals surface area contributed by atoms with Gasteiger partial charge >= 0.3 is 0 Å². The van der Waals surface area contributed by atoms with Crippen LogP contribution in [0.15, 0.2) is 24.3 Å². The van der Waals surface area contributed by atoms with Crippen molar-refractivity contribution in [3.8, 4) is 11.5 Å². The van der Waals surface area contributed by atoms with Gasteiger partial charge in [-0.1, -0.05) is 19.3 Å². The standard InChI is InChI=1S/C20H30N2O4/c1-20(2,19(24)22-15-7-5-4-6-8-15)18(23)21-13-14-26-17-11-9-16(25-3)10-12-17/h9-12,15H,4-8,13-14H2,1-3H3,(H,21,23)(H,22,24). The first-order chi connectivity index (χ1) is 12.4. The summed E-state index contributed by atoms with van der Waals surface area (Å²) in [5.74, 6) is 0.966. The molecule has 0 spiro atoms. The third kappa shape index (κ3) is 5.64. The highest BCUT2D eigenvalue weighted by atomic mass is 16.5. The molecule has 1 saturated carbocycles. The average molecular weight is 362 g/mol. The molecule has 2 amide bonds. The number of methoxy groups -OCH3 is 1. The van der Waals surface area contributed by atoms with Crippen LogP contribution >= 0.6 is 0 Å². The van der Waals surface area contributed by atoms with E-state index in [4.69, 9.17) is 9.47 Å². The van der Waals surface area contributed by atoms with Crippen LogP contribution in [-0.2, 0) is 9.59 Å². The van der Waals surface area contributed by atoms with Crippen molar-refractivity contribution < 1.29 is 19.1 Å². The molecule has 0 radical (unpaired) electrons. The van der Waals surface area contributed by atoms with Gasteiger partial charge in [0.2, 0.25) is 11.8 Å². The van der Waals surface area contributed by atoms with E-state index in [0.29, 0.717) is 18.9 Å². The van der Waals surface area contributed by atoms with Gasteiger partial charge in [-0.2, -0.15) is 0 Å². The number of ether oxygens (including phenoxy) is 2. The van der Waals surface area contributed by atoms with Crippen molar-refractivity contribution in [2.45, 2.75) is 52.0 Å². The Balaban J connectivity index is 1.73. The van der Waals surface area contributed by atoms with Gasteiger partial charge in [0.05, 0.1) is 13.7 Å². The molecule has 2 rings (SSSR count). The molecular formula is C20H30N2O4. The van der Waals surface area contributed by atoms with Crippen LogP contribution in [0.1, 0.15) is 46.0 Å². The lowest BCUT2D eigenvalue weighted by Gasteiger charge is -2.28. The van der Waals surface area contributed by atoms with E-state index in [1.54, 1.807) is 21.0 Å². The van der Waals surface area contributed by atoms with E-state index in [-0.39, 0.29) is 17.9 Å². The number of hydrogen-bond acceptors (Lipinski definition) is 4. The molecule has 0 saturated heterocycles. The monoisotopic (exact) mass is 362 g/mol. The first kappa shape index (κ1) is 20.1. The second-order valence-corrected chi connectivity index (χ2v) is 7.21. The third-order valence-electron chi connectivity index (χ3n) is 4.79. The average Bonchev–Trinajstić information content (AvgIpc) is 2.66. The van der Waals surface area contributed by atoms with Crippen LogP contribution in [0.3, 0.4) is 0 Å². The minimum atomic E-state index is -1.10. The Hall–Kier alpha value is -2.24. The van der Waals surface area contributed by atoms with E-state index in [9.17, 15) is 9.59 Å². The van der Waals surface area contributed by atoms with Crippen molar-refractivity contribution >= 4 is 11.8 Å². The smallest absolute Gasteiger partial charge is 0.235 e. The van der Waals surface area contributed by atoms with Gasteiger partial charge in [0.1, 0.15) is 23.5 Å². The third-order valence-corrected chi connectivity index (χ3v) is 4.79. The Kier molecular flexibility index (Phi) is 7.30. The SMILES string of the molecule is COc1ccc(OCCNC(=O)C(C)(C)C(=O)NC2CCCCC2)cc1. The van der Waals surface area contributed by atoms with E-state index in [2.05, 4.69) is 10.6 Å². The van der Waals surface area contributed by atoms with E-state index in [0.717, 1.165) is 31.4 Å². The number of hydrogen-bond donors (Lipinski definition) is 2. The van der Waals surface area contributed by atoms with Gasteiger partial charge < -0.3 is 20.1 Å².